The zero-order chi connectivity index (χ0) is 13.2. The van der Waals surface area contributed by atoms with E-state index in [0.29, 0.717) is 13.1 Å². The lowest BCUT2D eigenvalue weighted by Gasteiger charge is -2.15. The van der Waals surface area contributed by atoms with Crippen LogP contribution in [0.25, 0.3) is 0 Å². The number of rotatable bonds is 6. The van der Waals surface area contributed by atoms with E-state index in [-0.39, 0.29) is 18.1 Å². The average molecular weight is 269 g/mol. The van der Waals surface area contributed by atoms with Crippen molar-refractivity contribution in [2.75, 3.05) is 18.1 Å². The first-order valence-corrected chi connectivity index (χ1v) is 7.06. The Morgan fingerprint density at radius 2 is 2.39 bits per heavy atom. The first-order valence-electron chi connectivity index (χ1n) is 6.18. The number of thiazole rings is 1. The second-order valence-electron chi connectivity index (χ2n) is 4.68. The molecule has 6 heteroatoms. The molecule has 0 bridgehead atoms. The van der Waals surface area contributed by atoms with Crippen LogP contribution in [0.15, 0.2) is 5.38 Å². The largest absolute Gasteiger partial charge is 0.394 e. The van der Waals surface area contributed by atoms with Gasteiger partial charge >= 0.3 is 0 Å². The molecule has 1 fully saturated rings. The molecule has 1 saturated carbocycles. The van der Waals surface area contributed by atoms with Crippen LogP contribution in [0.4, 0.5) is 5.13 Å². The SMILES string of the molecule is CCN(C(C)=O)c1nc(CNC2(CO)CC2)cs1. The lowest BCUT2D eigenvalue weighted by atomic mass is 10.3. The van der Waals surface area contributed by atoms with Crippen molar-refractivity contribution in [2.45, 2.75) is 38.8 Å². The summed E-state index contributed by atoms with van der Waals surface area (Å²) in [4.78, 5) is 17.5. The number of nitrogens with zero attached hydrogens (tertiary/aromatic N) is 2. The van der Waals surface area contributed by atoms with Gasteiger partial charge in [0, 0.05) is 30.9 Å². The number of aliphatic hydroxyl groups is 1. The van der Waals surface area contributed by atoms with E-state index < -0.39 is 0 Å². The van der Waals surface area contributed by atoms with Crippen LogP contribution in [0.1, 0.15) is 32.4 Å². The van der Waals surface area contributed by atoms with Crippen molar-refractivity contribution in [3.8, 4) is 0 Å². The van der Waals surface area contributed by atoms with Gasteiger partial charge in [-0.15, -0.1) is 11.3 Å². The lowest BCUT2D eigenvalue weighted by Crippen LogP contribution is -2.34. The maximum absolute atomic E-state index is 11.4. The fraction of sp³-hybridized carbons (Fsp3) is 0.667. The molecule has 1 amide bonds. The molecular weight excluding hydrogens is 250 g/mol. The standard InChI is InChI=1S/C12H19N3O2S/c1-3-15(9(2)17)11-14-10(7-18-11)6-13-12(8-16)4-5-12/h7,13,16H,3-6,8H2,1-2H3. The van der Waals surface area contributed by atoms with Gasteiger partial charge in [0.15, 0.2) is 5.13 Å². The fourth-order valence-electron chi connectivity index (χ4n) is 1.81. The van der Waals surface area contributed by atoms with Crippen LogP contribution < -0.4 is 10.2 Å². The van der Waals surface area contributed by atoms with Crippen LogP contribution in [0.3, 0.4) is 0 Å². The van der Waals surface area contributed by atoms with Crippen molar-refractivity contribution in [3.63, 3.8) is 0 Å². The Hall–Kier alpha value is -0.980. The molecule has 1 aliphatic carbocycles. The first kappa shape index (κ1) is 13.5. The number of nitrogens with one attached hydrogen (secondary N) is 1. The zero-order valence-corrected chi connectivity index (χ0v) is 11.6. The third kappa shape index (κ3) is 2.88. The second-order valence-corrected chi connectivity index (χ2v) is 5.51. The van der Waals surface area contributed by atoms with Gasteiger partial charge in [-0.05, 0) is 19.8 Å². The van der Waals surface area contributed by atoms with Crippen LogP contribution in [-0.4, -0.2) is 34.7 Å². The Morgan fingerprint density at radius 3 is 2.89 bits per heavy atom. The van der Waals surface area contributed by atoms with E-state index in [2.05, 4.69) is 10.3 Å². The van der Waals surface area contributed by atoms with Crippen molar-refractivity contribution in [3.05, 3.63) is 11.1 Å². The molecule has 2 N–H and O–H groups in total. The summed E-state index contributed by atoms with van der Waals surface area (Å²) in [5.41, 5.74) is 0.851. The average Bonchev–Trinajstić information content (AvgIpc) is 3.00. The summed E-state index contributed by atoms with van der Waals surface area (Å²) in [5, 5.41) is 15.2. The van der Waals surface area contributed by atoms with Gasteiger partial charge in [0.25, 0.3) is 0 Å². The van der Waals surface area contributed by atoms with E-state index in [1.54, 1.807) is 11.8 Å². The molecule has 100 valence electrons. The molecule has 5 nitrogen and oxygen atoms in total. The fourth-order valence-corrected chi connectivity index (χ4v) is 2.75. The molecule has 0 unspecified atom stereocenters. The van der Waals surface area contributed by atoms with Crippen molar-refractivity contribution in [1.29, 1.82) is 0 Å². The summed E-state index contributed by atoms with van der Waals surface area (Å²) >= 11 is 1.48. The van der Waals surface area contributed by atoms with E-state index >= 15 is 0 Å². The summed E-state index contributed by atoms with van der Waals surface area (Å²) in [5.74, 6) is 0.0142. The highest BCUT2D eigenvalue weighted by Gasteiger charge is 2.41. The van der Waals surface area contributed by atoms with E-state index in [1.807, 2.05) is 12.3 Å². The Kier molecular flexibility index (Phi) is 3.99. The van der Waals surface area contributed by atoms with Gasteiger partial charge in [-0.2, -0.15) is 0 Å². The lowest BCUT2D eigenvalue weighted by molar-refractivity contribution is -0.116. The number of amides is 1. The highest BCUT2D eigenvalue weighted by atomic mass is 32.1. The summed E-state index contributed by atoms with van der Waals surface area (Å²) < 4.78 is 0. The van der Waals surface area contributed by atoms with Gasteiger partial charge < -0.3 is 10.4 Å². The molecule has 18 heavy (non-hydrogen) atoms. The predicted molar refractivity (Wildman–Crippen MR) is 71.7 cm³/mol. The molecule has 0 spiro atoms. The number of hydrogen-bond donors (Lipinski definition) is 2. The van der Waals surface area contributed by atoms with Crippen LogP contribution in [0.2, 0.25) is 0 Å². The summed E-state index contributed by atoms with van der Waals surface area (Å²) in [6, 6.07) is 0. The van der Waals surface area contributed by atoms with Crippen LogP contribution in [0.5, 0.6) is 0 Å². The molecule has 1 aliphatic rings. The Labute approximate surface area is 111 Å². The van der Waals surface area contributed by atoms with Gasteiger partial charge in [-0.25, -0.2) is 4.98 Å². The second kappa shape index (κ2) is 5.34. The Balaban J connectivity index is 1.95. The van der Waals surface area contributed by atoms with E-state index in [0.717, 1.165) is 23.7 Å². The van der Waals surface area contributed by atoms with Gasteiger partial charge in [0.2, 0.25) is 5.91 Å². The molecule has 0 aliphatic heterocycles. The molecule has 1 aromatic rings. The highest BCUT2D eigenvalue weighted by molar-refractivity contribution is 7.14. The normalized spacial score (nSPS) is 16.6. The number of hydrogen-bond acceptors (Lipinski definition) is 5. The van der Waals surface area contributed by atoms with Crippen LogP contribution >= 0.6 is 11.3 Å². The van der Waals surface area contributed by atoms with Crippen molar-refractivity contribution in [1.82, 2.24) is 10.3 Å². The molecule has 1 aromatic heterocycles. The number of aliphatic hydroxyl groups excluding tert-OH is 1. The van der Waals surface area contributed by atoms with E-state index in [1.165, 1.54) is 11.3 Å². The minimum atomic E-state index is -0.0746. The zero-order valence-electron chi connectivity index (χ0n) is 10.8. The quantitative estimate of drug-likeness (QED) is 0.812. The Morgan fingerprint density at radius 1 is 1.67 bits per heavy atom. The number of aromatic nitrogens is 1. The summed E-state index contributed by atoms with van der Waals surface area (Å²) in [6.07, 6.45) is 2.05. The molecule has 0 aromatic carbocycles. The number of anilines is 1. The molecule has 0 radical (unpaired) electrons. The smallest absolute Gasteiger partial charge is 0.225 e. The number of carbonyl (C=O) groups excluding carboxylic acids is 1. The van der Waals surface area contributed by atoms with Crippen molar-refractivity contribution in [2.24, 2.45) is 0 Å². The van der Waals surface area contributed by atoms with Crippen molar-refractivity contribution < 1.29 is 9.90 Å². The molecule has 2 rings (SSSR count). The minimum Gasteiger partial charge on any atom is -0.394 e. The maximum Gasteiger partial charge on any atom is 0.225 e. The summed E-state index contributed by atoms with van der Waals surface area (Å²) in [7, 11) is 0. The minimum absolute atomic E-state index is 0.0142. The van der Waals surface area contributed by atoms with Gasteiger partial charge in [-0.3, -0.25) is 9.69 Å². The summed E-state index contributed by atoms with van der Waals surface area (Å²) in [6.45, 7) is 4.95. The maximum atomic E-state index is 11.4. The van der Waals surface area contributed by atoms with Gasteiger partial charge in [-0.1, -0.05) is 0 Å². The third-order valence-corrected chi connectivity index (χ3v) is 4.18. The molecule has 0 atom stereocenters. The highest BCUT2D eigenvalue weighted by Crippen LogP contribution is 2.35. The molecule has 1 heterocycles. The number of carbonyl (C=O) groups is 1. The predicted octanol–water partition coefficient (Wildman–Crippen LogP) is 1.13. The van der Waals surface area contributed by atoms with Crippen molar-refractivity contribution >= 4 is 22.4 Å². The Bertz CT molecular complexity index is 429. The molecule has 0 saturated heterocycles. The monoisotopic (exact) mass is 269 g/mol. The van der Waals surface area contributed by atoms with E-state index in [9.17, 15) is 9.90 Å². The van der Waals surface area contributed by atoms with Gasteiger partial charge in [0.05, 0.1) is 12.3 Å². The third-order valence-electron chi connectivity index (χ3n) is 3.27. The molecular formula is C12H19N3O2S. The van der Waals surface area contributed by atoms with Crippen LogP contribution in [-0.2, 0) is 11.3 Å². The topological polar surface area (TPSA) is 65.5 Å². The first-order chi connectivity index (χ1) is 8.60. The van der Waals surface area contributed by atoms with Crippen LogP contribution in [0, 0.1) is 0 Å². The van der Waals surface area contributed by atoms with Gasteiger partial charge in [0.1, 0.15) is 0 Å². The van der Waals surface area contributed by atoms with E-state index in [4.69, 9.17) is 0 Å².